The number of hydrogen-bond acceptors (Lipinski definition) is 13. The molecule has 2 aromatic rings. The molecule has 0 heterocycles. The lowest BCUT2D eigenvalue weighted by molar-refractivity contribution is 0.0588. The van der Waals surface area contributed by atoms with Gasteiger partial charge < -0.3 is 48.4 Å². The van der Waals surface area contributed by atoms with Crippen LogP contribution >= 0.6 is 15.2 Å². The van der Waals surface area contributed by atoms with E-state index in [0.29, 0.717) is 0 Å². The van der Waals surface area contributed by atoms with Crippen molar-refractivity contribution < 1.29 is 61.3 Å². The van der Waals surface area contributed by atoms with Gasteiger partial charge in [-0.05, 0) is 49.2 Å². The number of urea groups is 1. The molecule has 232 valence electrons. The fraction of sp³-hybridized carbons (Fsp3) is 0.400. The summed E-state index contributed by atoms with van der Waals surface area (Å²) < 4.78 is 57.8. The molecule has 0 aliphatic heterocycles. The van der Waals surface area contributed by atoms with Crippen molar-refractivity contribution in [2.75, 3.05) is 41.7 Å². The molecule has 4 N–H and O–H groups in total. The van der Waals surface area contributed by atoms with Crippen LogP contribution in [0.25, 0.3) is 0 Å². The number of rotatable bonds is 14. The normalized spacial score (nSPS) is 13.1. The topological polar surface area (TPSA) is 205 Å². The Morgan fingerprint density at radius 3 is 1.43 bits per heavy atom. The zero-order chi connectivity index (χ0) is 31.7. The van der Waals surface area contributed by atoms with E-state index in [-0.39, 0.29) is 35.5 Å². The highest BCUT2D eigenvalue weighted by Crippen LogP contribution is 2.61. The molecular formula is C25H34N2O13P2. The number of phenolic OH excluding ortho intramolecular Hbond substituents is 2. The molecule has 0 spiro atoms. The van der Waals surface area contributed by atoms with E-state index in [4.69, 9.17) is 18.1 Å². The Morgan fingerprint density at radius 2 is 1.10 bits per heavy atom. The summed E-state index contributed by atoms with van der Waals surface area (Å²) in [6, 6.07) is 5.99. The summed E-state index contributed by atoms with van der Waals surface area (Å²) >= 11 is 0. The average Bonchev–Trinajstić information content (AvgIpc) is 2.98. The number of hydrogen-bond donors (Lipinski definition) is 4. The van der Waals surface area contributed by atoms with Gasteiger partial charge in [0.15, 0.2) is 11.6 Å². The number of carbonyl (C=O) groups excluding carboxylic acids is 3. The summed E-state index contributed by atoms with van der Waals surface area (Å²) in [7, 11) is -4.06. The molecule has 2 rings (SSSR count). The molecule has 17 heteroatoms. The summed E-state index contributed by atoms with van der Waals surface area (Å²) in [5.74, 6) is -5.83. The van der Waals surface area contributed by atoms with Crippen molar-refractivity contribution in [3.05, 3.63) is 58.7 Å². The van der Waals surface area contributed by atoms with E-state index in [2.05, 4.69) is 20.1 Å². The minimum atomic E-state index is -4.21. The quantitative estimate of drug-likeness (QED) is 0.168. The monoisotopic (exact) mass is 632 g/mol. The van der Waals surface area contributed by atoms with Crippen LogP contribution in [-0.2, 0) is 36.7 Å². The van der Waals surface area contributed by atoms with Gasteiger partial charge in [-0.1, -0.05) is 12.1 Å². The minimum absolute atomic E-state index is 0.0161. The number of carbonyl (C=O) groups is 3. The summed E-state index contributed by atoms with van der Waals surface area (Å²) in [5, 5.41) is 25.1. The first-order valence-corrected chi connectivity index (χ1v) is 15.6. The zero-order valence-electron chi connectivity index (χ0n) is 23.8. The van der Waals surface area contributed by atoms with E-state index in [1.807, 2.05) is 0 Å². The molecule has 0 fully saturated rings. The van der Waals surface area contributed by atoms with Gasteiger partial charge in [0.2, 0.25) is 0 Å². The van der Waals surface area contributed by atoms with Crippen molar-refractivity contribution in [2.45, 2.75) is 25.4 Å². The highest BCUT2D eigenvalue weighted by Gasteiger charge is 2.42. The standard InChI is InChI=1S/C25H34N2O13P2/c1-7-39-42(34,40-8-2)22(16-10-12-20(29)18(14-16)24(31)36-4)27-25(32)26-21(41(33,37-5)38-6)15-9-11-19(28)17(13-15)23(30)35-3/h9-14,21-22,28-29H,7-8H2,1-6H3,(H2,26,27,32). The molecule has 0 radical (unpaired) electrons. The molecule has 0 bridgehead atoms. The number of aromatic hydroxyl groups is 2. The third-order valence-electron chi connectivity index (χ3n) is 5.78. The van der Waals surface area contributed by atoms with Crippen molar-refractivity contribution in [3.8, 4) is 11.5 Å². The van der Waals surface area contributed by atoms with Gasteiger partial charge in [-0.2, -0.15) is 0 Å². The molecule has 2 atom stereocenters. The molecule has 0 aromatic heterocycles. The van der Waals surface area contributed by atoms with Gasteiger partial charge in [0.1, 0.15) is 22.6 Å². The van der Waals surface area contributed by atoms with E-state index < -0.39 is 56.2 Å². The van der Waals surface area contributed by atoms with E-state index >= 15 is 0 Å². The first-order valence-electron chi connectivity index (χ1n) is 12.3. The van der Waals surface area contributed by atoms with Crippen molar-refractivity contribution in [1.29, 1.82) is 0 Å². The molecule has 2 aromatic carbocycles. The summed E-state index contributed by atoms with van der Waals surface area (Å²) in [5.41, 5.74) is -0.537. The van der Waals surface area contributed by atoms with Gasteiger partial charge in [-0.3, -0.25) is 9.13 Å². The first-order chi connectivity index (χ1) is 19.8. The van der Waals surface area contributed by atoms with Gasteiger partial charge in [0, 0.05) is 14.2 Å². The molecule has 15 nitrogen and oxygen atoms in total. The Morgan fingerprint density at radius 1 is 0.714 bits per heavy atom. The second-order valence-electron chi connectivity index (χ2n) is 8.24. The van der Waals surface area contributed by atoms with Gasteiger partial charge in [-0.25, -0.2) is 14.4 Å². The van der Waals surface area contributed by atoms with Crippen molar-refractivity contribution in [3.63, 3.8) is 0 Å². The molecule has 2 unspecified atom stereocenters. The zero-order valence-corrected chi connectivity index (χ0v) is 25.6. The van der Waals surface area contributed by atoms with Crippen LogP contribution < -0.4 is 10.6 Å². The predicted molar refractivity (Wildman–Crippen MR) is 149 cm³/mol. The van der Waals surface area contributed by atoms with E-state index in [1.54, 1.807) is 13.8 Å². The Hall–Kier alpha value is -3.45. The summed E-state index contributed by atoms with van der Waals surface area (Å²) in [4.78, 5) is 37.8. The number of methoxy groups -OCH3 is 2. The third kappa shape index (κ3) is 7.88. The molecule has 2 amide bonds. The number of ether oxygens (including phenoxy) is 2. The van der Waals surface area contributed by atoms with Crippen LogP contribution in [0.4, 0.5) is 4.79 Å². The van der Waals surface area contributed by atoms with Gasteiger partial charge in [0.25, 0.3) is 0 Å². The minimum Gasteiger partial charge on any atom is -0.507 e. The molecule has 0 aliphatic rings. The maximum absolute atomic E-state index is 13.9. The Balaban J connectivity index is 2.63. The molecule has 0 saturated heterocycles. The number of nitrogens with one attached hydrogen (secondary N) is 2. The molecule has 0 aliphatic carbocycles. The van der Waals surface area contributed by atoms with Crippen molar-refractivity contribution >= 4 is 33.2 Å². The van der Waals surface area contributed by atoms with Crippen LogP contribution in [0, 0.1) is 0 Å². The molecule has 42 heavy (non-hydrogen) atoms. The number of esters is 2. The molecular weight excluding hydrogens is 598 g/mol. The highest BCUT2D eigenvalue weighted by molar-refractivity contribution is 7.54. The Bertz CT molecular complexity index is 1370. The van der Waals surface area contributed by atoms with Crippen LogP contribution in [0.5, 0.6) is 11.5 Å². The van der Waals surface area contributed by atoms with E-state index in [1.165, 1.54) is 12.1 Å². The van der Waals surface area contributed by atoms with Gasteiger partial charge in [0.05, 0.1) is 27.4 Å². The third-order valence-corrected chi connectivity index (χ3v) is 10.2. The lowest BCUT2D eigenvalue weighted by atomic mass is 10.1. The Kier molecular flexibility index (Phi) is 12.5. The highest BCUT2D eigenvalue weighted by atomic mass is 31.2. The first kappa shape index (κ1) is 34.7. The predicted octanol–water partition coefficient (Wildman–Crippen LogP) is 4.42. The van der Waals surface area contributed by atoms with Crippen molar-refractivity contribution in [2.24, 2.45) is 0 Å². The largest absolute Gasteiger partial charge is 0.507 e. The fourth-order valence-corrected chi connectivity index (χ4v) is 7.07. The number of benzene rings is 2. The maximum Gasteiger partial charge on any atom is 0.357 e. The van der Waals surface area contributed by atoms with E-state index in [9.17, 15) is 33.7 Å². The van der Waals surface area contributed by atoms with Crippen LogP contribution in [0.3, 0.4) is 0 Å². The SMILES string of the molecule is CCOP(=O)(OCC)C(NC(=O)NC(c1ccc(O)c(C(=O)OC)c1)P(=O)(OC)OC)c1ccc(O)c(C(=O)OC)c1. The maximum atomic E-state index is 13.9. The van der Waals surface area contributed by atoms with Crippen LogP contribution in [0.1, 0.15) is 57.3 Å². The molecule has 0 saturated carbocycles. The lowest BCUT2D eigenvalue weighted by Gasteiger charge is -2.30. The van der Waals surface area contributed by atoms with Gasteiger partial charge in [-0.15, -0.1) is 0 Å². The average molecular weight is 632 g/mol. The summed E-state index contributed by atoms with van der Waals surface area (Å²) in [6.45, 7) is 2.92. The van der Waals surface area contributed by atoms with Crippen LogP contribution in [0.2, 0.25) is 0 Å². The van der Waals surface area contributed by atoms with Gasteiger partial charge >= 0.3 is 33.2 Å². The van der Waals surface area contributed by atoms with Crippen LogP contribution in [-0.4, -0.2) is 69.8 Å². The van der Waals surface area contributed by atoms with Crippen LogP contribution in [0.15, 0.2) is 36.4 Å². The number of amides is 2. The fourth-order valence-electron chi connectivity index (χ4n) is 3.81. The van der Waals surface area contributed by atoms with Crippen molar-refractivity contribution in [1.82, 2.24) is 10.6 Å². The lowest BCUT2D eigenvalue weighted by Crippen LogP contribution is -2.40. The smallest absolute Gasteiger partial charge is 0.357 e. The Labute approximate surface area is 242 Å². The summed E-state index contributed by atoms with van der Waals surface area (Å²) in [6.07, 6.45) is 0. The van der Waals surface area contributed by atoms with E-state index in [0.717, 1.165) is 52.7 Å². The second kappa shape index (κ2) is 15.1. The number of phenols is 2. The second-order valence-corrected chi connectivity index (χ2v) is 12.7.